The molecule has 2 aromatic carbocycles. The van der Waals surface area contributed by atoms with E-state index in [9.17, 15) is 14.9 Å². The van der Waals surface area contributed by atoms with E-state index in [0.29, 0.717) is 5.56 Å². The molecule has 0 aliphatic carbocycles. The van der Waals surface area contributed by atoms with Crippen LogP contribution in [0.3, 0.4) is 0 Å². The molecule has 20 heavy (non-hydrogen) atoms. The van der Waals surface area contributed by atoms with Crippen LogP contribution in [0.4, 0.5) is 5.69 Å². The molecule has 2 N–H and O–H groups in total. The zero-order valence-corrected chi connectivity index (χ0v) is 10.5. The Bertz CT molecular complexity index is 638. The lowest BCUT2D eigenvalue weighted by atomic mass is 10.1. The van der Waals surface area contributed by atoms with Gasteiger partial charge in [0.1, 0.15) is 6.61 Å². The number of nitro benzene ring substituents is 1. The highest BCUT2D eigenvalue weighted by Crippen LogP contribution is 2.26. The normalized spacial score (nSPS) is 10.0. The van der Waals surface area contributed by atoms with Crippen molar-refractivity contribution < 1.29 is 14.5 Å². The van der Waals surface area contributed by atoms with Gasteiger partial charge in [-0.15, -0.1) is 0 Å². The summed E-state index contributed by atoms with van der Waals surface area (Å²) in [5.41, 5.74) is 6.24. The second-order valence-corrected chi connectivity index (χ2v) is 4.07. The number of amides is 1. The lowest BCUT2D eigenvalue weighted by Gasteiger charge is -2.07. The minimum atomic E-state index is -0.504. The monoisotopic (exact) mass is 272 g/mol. The van der Waals surface area contributed by atoms with E-state index in [-0.39, 0.29) is 18.0 Å². The van der Waals surface area contributed by atoms with Gasteiger partial charge in [-0.05, 0) is 23.8 Å². The van der Waals surface area contributed by atoms with Crippen LogP contribution in [0, 0.1) is 10.1 Å². The van der Waals surface area contributed by atoms with Crippen LogP contribution in [0.5, 0.6) is 5.75 Å². The Morgan fingerprint density at radius 3 is 2.40 bits per heavy atom. The van der Waals surface area contributed by atoms with Crippen molar-refractivity contribution in [3.63, 3.8) is 0 Å². The van der Waals surface area contributed by atoms with Gasteiger partial charge in [-0.25, -0.2) is 0 Å². The number of hydrogen-bond donors (Lipinski definition) is 1. The van der Waals surface area contributed by atoms with Crippen molar-refractivity contribution in [1.29, 1.82) is 0 Å². The van der Waals surface area contributed by atoms with Crippen molar-refractivity contribution in [3.05, 3.63) is 69.8 Å². The Kier molecular flexibility index (Phi) is 3.95. The first-order valence-electron chi connectivity index (χ1n) is 5.83. The average molecular weight is 272 g/mol. The molecule has 0 unspecified atom stereocenters. The van der Waals surface area contributed by atoms with Crippen LogP contribution in [0.1, 0.15) is 15.9 Å². The van der Waals surface area contributed by atoms with Gasteiger partial charge in [0.05, 0.1) is 4.92 Å². The maximum atomic E-state index is 10.9. The molecule has 2 rings (SSSR count). The lowest BCUT2D eigenvalue weighted by molar-refractivity contribution is -0.385. The zero-order valence-electron chi connectivity index (χ0n) is 10.5. The Morgan fingerprint density at radius 1 is 1.15 bits per heavy atom. The van der Waals surface area contributed by atoms with Gasteiger partial charge in [0, 0.05) is 11.6 Å². The van der Waals surface area contributed by atoms with Crippen LogP contribution in [-0.2, 0) is 6.61 Å². The van der Waals surface area contributed by atoms with Crippen LogP contribution in [-0.4, -0.2) is 10.8 Å². The minimum absolute atomic E-state index is 0.0822. The van der Waals surface area contributed by atoms with Crippen molar-refractivity contribution in [3.8, 4) is 5.75 Å². The molecule has 0 aliphatic heterocycles. The maximum Gasteiger partial charge on any atom is 0.310 e. The van der Waals surface area contributed by atoms with E-state index in [2.05, 4.69) is 0 Å². The topological polar surface area (TPSA) is 95.5 Å². The quantitative estimate of drug-likeness (QED) is 0.667. The highest BCUT2D eigenvalue weighted by Gasteiger charge is 2.13. The fourth-order valence-electron chi connectivity index (χ4n) is 1.66. The number of hydrogen-bond acceptors (Lipinski definition) is 4. The summed E-state index contributed by atoms with van der Waals surface area (Å²) in [6.07, 6.45) is 0. The smallest absolute Gasteiger partial charge is 0.310 e. The minimum Gasteiger partial charge on any atom is -0.482 e. The van der Waals surface area contributed by atoms with E-state index >= 15 is 0 Å². The Morgan fingerprint density at radius 2 is 1.80 bits per heavy atom. The fraction of sp³-hybridized carbons (Fsp3) is 0.0714. The molecule has 0 heterocycles. The first-order valence-corrected chi connectivity index (χ1v) is 5.83. The summed E-state index contributed by atoms with van der Waals surface area (Å²) in [5, 5.41) is 10.8. The largest absolute Gasteiger partial charge is 0.482 e. The predicted molar refractivity (Wildman–Crippen MR) is 72.4 cm³/mol. The number of carbonyl (C=O) groups is 1. The van der Waals surface area contributed by atoms with E-state index in [1.807, 2.05) is 0 Å². The highest BCUT2D eigenvalue weighted by atomic mass is 16.6. The molecule has 2 aromatic rings. The molecule has 1 amide bonds. The van der Waals surface area contributed by atoms with Crippen LogP contribution in [0.2, 0.25) is 0 Å². The van der Waals surface area contributed by atoms with E-state index in [1.54, 1.807) is 36.4 Å². The maximum absolute atomic E-state index is 10.9. The van der Waals surface area contributed by atoms with Gasteiger partial charge >= 0.3 is 5.69 Å². The standard InChI is InChI=1S/C14H12N2O4/c15-14(17)11-7-5-10(6-8-11)9-20-13-4-2-1-3-12(13)16(18)19/h1-8H,9H2,(H2,15,17). The summed E-state index contributed by atoms with van der Waals surface area (Å²) in [7, 11) is 0. The van der Waals surface area contributed by atoms with Crippen molar-refractivity contribution in [2.24, 2.45) is 5.73 Å². The van der Waals surface area contributed by atoms with Crippen LogP contribution < -0.4 is 10.5 Å². The number of benzene rings is 2. The van der Waals surface area contributed by atoms with E-state index in [1.165, 1.54) is 12.1 Å². The van der Waals surface area contributed by atoms with Crippen LogP contribution in [0.15, 0.2) is 48.5 Å². The number of primary amides is 1. The van der Waals surface area contributed by atoms with Gasteiger partial charge in [0.25, 0.3) is 0 Å². The highest BCUT2D eigenvalue weighted by molar-refractivity contribution is 5.92. The number of ether oxygens (including phenoxy) is 1. The molecule has 0 aromatic heterocycles. The first kappa shape index (κ1) is 13.5. The molecule has 0 bridgehead atoms. The number of nitrogens with zero attached hydrogens (tertiary/aromatic N) is 1. The van der Waals surface area contributed by atoms with Crippen molar-refractivity contribution in [2.75, 3.05) is 0 Å². The molecule has 6 heteroatoms. The molecule has 102 valence electrons. The molecular weight excluding hydrogens is 260 g/mol. The van der Waals surface area contributed by atoms with Gasteiger partial charge in [0.15, 0.2) is 5.75 Å². The van der Waals surface area contributed by atoms with Gasteiger partial charge in [0.2, 0.25) is 5.91 Å². The summed E-state index contributed by atoms with van der Waals surface area (Å²) < 4.78 is 5.43. The second-order valence-electron chi connectivity index (χ2n) is 4.07. The third-order valence-corrected chi connectivity index (χ3v) is 2.69. The Hall–Kier alpha value is -2.89. The molecule has 0 saturated heterocycles. The SMILES string of the molecule is NC(=O)c1ccc(COc2ccccc2[N+](=O)[O-])cc1. The predicted octanol–water partition coefficient (Wildman–Crippen LogP) is 2.27. The lowest BCUT2D eigenvalue weighted by Crippen LogP contribution is -2.10. The number of nitrogens with two attached hydrogens (primary N) is 1. The first-order chi connectivity index (χ1) is 9.58. The molecule has 0 fully saturated rings. The fourth-order valence-corrected chi connectivity index (χ4v) is 1.66. The summed E-state index contributed by atoms with van der Waals surface area (Å²) in [6.45, 7) is 0.171. The number of carbonyl (C=O) groups excluding carboxylic acids is 1. The summed E-state index contributed by atoms with van der Waals surface area (Å²) in [6, 6.07) is 12.7. The van der Waals surface area contributed by atoms with Crippen molar-refractivity contribution in [2.45, 2.75) is 6.61 Å². The summed E-state index contributed by atoms with van der Waals surface area (Å²) >= 11 is 0. The molecule has 0 saturated carbocycles. The van der Waals surface area contributed by atoms with Gasteiger partial charge in [-0.1, -0.05) is 24.3 Å². The Labute approximate surface area is 114 Å². The number of para-hydroxylation sites is 2. The molecule has 0 radical (unpaired) electrons. The number of nitro groups is 1. The van der Waals surface area contributed by atoms with Crippen LogP contribution in [0.25, 0.3) is 0 Å². The van der Waals surface area contributed by atoms with E-state index in [4.69, 9.17) is 10.5 Å². The molecule has 6 nitrogen and oxygen atoms in total. The third-order valence-electron chi connectivity index (χ3n) is 2.69. The van der Waals surface area contributed by atoms with Gasteiger partial charge < -0.3 is 10.5 Å². The van der Waals surface area contributed by atoms with E-state index < -0.39 is 10.8 Å². The average Bonchev–Trinajstić information content (AvgIpc) is 2.45. The van der Waals surface area contributed by atoms with Crippen LogP contribution >= 0.6 is 0 Å². The second kappa shape index (κ2) is 5.83. The van der Waals surface area contributed by atoms with Gasteiger partial charge in [-0.3, -0.25) is 14.9 Å². The molecule has 0 spiro atoms. The molecule has 0 atom stereocenters. The van der Waals surface area contributed by atoms with E-state index in [0.717, 1.165) is 5.56 Å². The summed E-state index contributed by atoms with van der Waals surface area (Å²) in [5.74, 6) is -0.298. The molecule has 0 aliphatic rings. The van der Waals surface area contributed by atoms with Crippen molar-refractivity contribution in [1.82, 2.24) is 0 Å². The van der Waals surface area contributed by atoms with Gasteiger partial charge in [-0.2, -0.15) is 0 Å². The number of rotatable bonds is 5. The zero-order chi connectivity index (χ0) is 14.5. The molecular formula is C14H12N2O4. The summed E-state index contributed by atoms with van der Waals surface area (Å²) in [4.78, 5) is 21.3. The Balaban J connectivity index is 2.09. The van der Waals surface area contributed by atoms with Crippen molar-refractivity contribution >= 4 is 11.6 Å². The third kappa shape index (κ3) is 3.11.